The molecule has 3 aliphatic heterocycles. The van der Waals surface area contributed by atoms with Gasteiger partial charge in [0.15, 0.2) is 6.29 Å². The van der Waals surface area contributed by atoms with Gasteiger partial charge in [0.25, 0.3) is 0 Å². The van der Waals surface area contributed by atoms with Crippen molar-refractivity contribution in [2.45, 2.75) is 90.3 Å². The average Bonchev–Trinajstić information content (AvgIpc) is 3.15. The normalized spacial score (nSPS) is 50.6. The number of carbonyl (C=O) groups is 2. The van der Waals surface area contributed by atoms with Gasteiger partial charge in [0.1, 0.15) is 18.3 Å². The molecule has 0 aromatic rings. The van der Waals surface area contributed by atoms with Crippen molar-refractivity contribution in [3.8, 4) is 0 Å². The van der Waals surface area contributed by atoms with Crippen molar-refractivity contribution in [2.75, 3.05) is 19.8 Å². The zero-order chi connectivity index (χ0) is 22.0. The predicted octanol–water partition coefficient (Wildman–Crippen LogP) is 3.23. The fourth-order valence-corrected chi connectivity index (χ4v) is 7.73. The molecule has 5 aliphatic rings. The second-order valence-electron chi connectivity index (χ2n) is 10.8. The Labute approximate surface area is 184 Å². The molecule has 0 bridgehead atoms. The van der Waals surface area contributed by atoms with Gasteiger partial charge in [-0.15, -0.1) is 0 Å². The number of hydrogen-bond acceptors (Lipinski definition) is 7. The van der Waals surface area contributed by atoms with Crippen molar-refractivity contribution >= 4 is 11.9 Å². The van der Waals surface area contributed by atoms with E-state index in [0.29, 0.717) is 12.5 Å². The summed E-state index contributed by atoms with van der Waals surface area (Å²) in [7, 11) is 0. The summed E-state index contributed by atoms with van der Waals surface area (Å²) in [5.74, 6) is 0.301. The number of epoxide rings is 1. The van der Waals surface area contributed by atoms with Crippen molar-refractivity contribution in [1.29, 1.82) is 0 Å². The average molecular weight is 437 g/mol. The monoisotopic (exact) mass is 436 g/mol. The van der Waals surface area contributed by atoms with E-state index in [9.17, 15) is 9.59 Å². The Hall–Kier alpha value is -1.18. The Bertz CT molecular complexity index is 736. The third kappa shape index (κ3) is 3.10. The lowest BCUT2D eigenvalue weighted by Crippen LogP contribution is -2.69. The van der Waals surface area contributed by atoms with Gasteiger partial charge in [0.2, 0.25) is 0 Å². The highest BCUT2D eigenvalue weighted by Gasteiger charge is 2.76. The molecule has 5 rings (SSSR count). The fraction of sp³-hybridized carbons (Fsp3) is 0.917. The van der Waals surface area contributed by atoms with E-state index in [4.69, 9.17) is 23.7 Å². The Balaban J connectivity index is 1.57. The third-order valence-corrected chi connectivity index (χ3v) is 9.48. The summed E-state index contributed by atoms with van der Waals surface area (Å²) in [5, 5.41) is 0. The number of carbonyl (C=O) groups excluding carboxylic acids is 2. The van der Waals surface area contributed by atoms with Crippen LogP contribution in [0.15, 0.2) is 0 Å². The van der Waals surface area contributed by atoms with Crippen molar-refractivity contribution in [3.63, 3.8) is 0 Å². The SMILES string of the molecule is CC(=O)OC[C@@]12[C@@H](OC(C)=O)C[C@@H](C)[C@](C)([C@@H]3C[C@@H]4CCO[C@H]4O3)[C@H]1CCC[C@]21CO1. The van der Waals surface area contributed by atoms with Crippen molar-refractivity contribution in [3.05, 3.63) is 0 Å². The molecule has 3 saturated heterocycles. The van der Waals surface area contributed by atoms with Gasteiger partial charge < -0.3 is 23.7 Å². The fourth-order valence-electron chi connectivity index (χ4n) is 7.73. The molecule has 5 fully saturated rings. The van der Waals surface area contributed by atoms with Crippen LogP contribution in [0, 0.1) is 28.6 Å². The Morgan fingerprint density at radius 3 is 2.55 bits per heavy atom. The van der Waals surface area contributed by atoms with E-state index in [0.717, 1.165) is 45.1 Å². The topological polar surface area (TPSA) is 83.6 Å². The molecule has 0 radical (unpaired) electrons. The van der Waals surface area contributed by atoms with Gasteiger partial charge in [0, 0.05) is 25.2 Å². The molecule has 2 saturated carbocycles. The van der Waals surface area contributed by atoms with E-state index in [1.165, 1.54) is 13.8 Å². The molecule has 7 nitrogen and oxygen atoms in total. The third-order valence-electron chi connectivity index (χ3n) is 9.48. The van der Waals surface area contributed by atoms with E-state index < -0.39 is 11.0 Å². The van der Waals surface area contributed by atoms with Crippen LogP contribution in [0.1, 0.15) is 66.2 Å². The quantitative estimate of drug-likeness (QED) is 0.494. The molecule has 31 heavy (non-hydrogen) atoms. The summed E-state index contributed by atoms with van der Waals surface area (Å²) < 4.78 is 30.3. The molecule has 0 N–H and O–H groups in total. The molecule has 7 heteroatoms. The smallest absolute Gasteiger partial charge is 0.302 e. The van der Waals surface area contributed by atoms with Crippen molar-refractivity contribution in [1.82, 2.24) is 0 Å². The van der Waals surface area contributed by atoms with Crippen LogP contribution in [0.3, 0.4) is 0 Å². The molecule has 9 atom stereocenters. The highest BCUT2D eigenvalue weighted by Crippen LogP contribution is 2.70. The van der Waals surface area contributed by atoms with Gasteiger partial charge >= 0.3 is 11.9 Å². The van der Waals surface area contributed by atoms with E-state index in [1.807, 2.05) is 0 Å². The van der Waals surface area contributed by atoms with Crippen LogP contribution >= 0.6 is 0 Å². The maximum absolute atomic E-state index is 12.1. The maximum atomic E-state index is 12.1. The Morgan fingerprint density at radius 1 is 1.13 bits per heavy atom. The molecule has 0 aromatic heterocycles. The van der Waals surface area contributed by atoms with Crippen molar-refractivity contribution < 1.29 is 33.3 Å². The minimum atomic E-state index is -0.550. The van der Waals surface area contributed by atoms with Gasteiger partial charge in [-0.3, -0.25) is 9.59 Å². The van der Waals surface area contributed by atoms with Crippen LogP contribution in [-0.4, -0.2) is 55.9 Å². The zero-order valence-corrected chi connectivity index (χ0v) is 19.2. The van der Waals surface area contributed by atoms with Gasteiger partial charge in [-0.1, -0.05) is 20.3 Å². The van der Waals surface area contributed by atoms with E-state index in [-0.39, 0.29) is 54.3 Å². The summed E-state index contributed by atoms with van der Waals surface area (Å²) in [6.45, 7) is 9.16. The first-order chi connectivity index (χ1) is 14.7. The minimum Gasteiger partial charge on any atom is -0.465 e. The first kappa shape index (κ1) is 21.7. The van der Waals surface area contributed by atoms with E-state index in [1.54, 1.807) is 0 Å². The second kappa shape index (κ2) is 7.42. The van der Waals surface area contributed by atoms with Crippen LogP contribution in [0.2, 0.25) is 0 Å². The maximum Gasteiger partial charge on any atom is 0.302 e. The lowest BCUT2D eigenvalue weighted by molar-refractivity contribution is -0.255. The highest BCUT2D eigenvalue weighted by atomic mass is 16.7. The summed E-state index contributed by atoms with van der Waals surface area (Å²) in [4.78, 5) is 24.1. The first-order valence-electron chi connectivity index (χ1n) is 11.9. The second-order valence-corrected chi connectivity index (χ2v) is 10.8. The van der Waals surface area contributed by atoms with Crippen LogP contribution in [-0.2, 0) is 33.3 Å². The van der Waals surface area contributed by atoms with Crippen LogP contribution in [0.25, 0.3) is 0 Å². The number of fused-ring (bicyclic) bond motifs is 3. The van der Waals surface area contributed by atoms with E-state index >= 15 is 0 Å². The summed E-state index contributed by atoms with van der Waals surface area (Å²) in [6.07, 6.45) is 5.36. The number of esters is 2. The first-order valence-corrected chi connectivity index (χ1v) is 11.9. The molecular weight excluding hydrogens is 400 g/mol. The van der Waals surface area contributed by atoms with Gasteiger partial charge in [-0.25, -0.2) is 0 Å². The minimum absolute atomic E-state index is 0.0756. The standard InChI is InChI=1S/C24H36O7/c1-14-10-20(30-16(3)26)24(13-28-15(2)25)18(6-5-8-23(24)12-29-23)22(14,4)19-11-17-7-9-27-21(17)31-19/h14,17-21H,5-13H2,1-4H3/t14-,17+,18-,19+,20+,21+,22+,23+,24+/m1/s1. The molecule has 2 aliphatic carbocycles. The molecule has 174 valence electrons. The van der Waals surface area contributed by atoms with Crippen LogP contribution < -0.4 is 0 Å². The Morgan fingerprint density at radius 2 is 1.90 bits per heavy atom. The lowest BCUT2D eigenvalue weighted by atomic mass is 9.42. The molecule has 0 aromatic carbocycles. The lowest BCUT2D eigenvalue weighted by Gasteiger charge is -2.64. The van der Waals surface area contributed by atoms with Crippen molar-refractivity contribution in [2.24, 2.45) is 28.6 Å². The highest BCUT2D eigenvalue weighted by molar-refractivity contribution is 5.67. The summed E-state index contributed by atoms with van der Waals surface area (Å²) in [5.41, 5.74) is -1.09. The molecule has 0 amide bonds. The Kier molecular flexibility index (Phi) is 5.18. The van der Waals surface area contributed by atoms with Gasteiger partial charge in [-0.2, -0.15) is 0 Å². The number of ether oxygens (including phenoxy) is 5. The van der Waals surface area contributed by atoms with Crippen LogP contribution in [0.4, 0.5) is 0 Å². The summed E-state index contributed by atoms with van der Waals surface area (Å²) >= 11 is 0. The molecule has 1 spiro atoms. The largest absolute Gasteiger partial charge is 0.465 e. The van der Waals surface area contributed by atoms with Gasteiger partial charge in [0.05, 0.1) is 24.7 Å². The predicted molar refractivity (Wildman–Crippen MR) is 110 cm³/mol. The molecule has 0 unspecified atom stereocenters. The molecular formula is C24H36O7. The number of hydrogen-bond donors (Lipinski definition) is 0. The zero-order valence-electron chi connectivity index (χ0n) is 19.2. The van der Waals surface area contributed by atoms with Gasteiger partial charge in [-0.05, 0) is 43.9 Å². The number of rotatable bonds is 4. The van der Waals surface area contributed by atoms with Crippen LogP contribution in [0.5, 0.6) is 0 Å². The molecule has 3 heterocycles. The summed E-state index contributed by atoms with van der Waals surface area (Å²) in [6, 6.07) is 0. The van der Waals surface area contributed by atoms with E-state index in [2.05, 4.69) is 13.8 Å².